The summed E-state index contributed by atoms with van der Waals surface area (Å²) in [7, 11) is 1.33. The molecule has 1 aromatic heterocycles. The molecule has 3 aromatic rings. The quantitative estimate of drug-likeness (QED) is 0.528. The van der Waals surface area contributed by atoms with E-state index < -0.39 is 17.6 Å². The van der Waals surface area contributed by atoms with Gasteiger partial charge < -0.3 is 4.74 Å². The van der Waals surface area contributed by atoms with Crippen LogP contribution in [0.5, 0.6) is 0 Å². The molecule has 172 valence electrons. The van der Waals surface area contributed by atoms with Crippen molar-refractivity contribution >= 4 is 5.97 Å². The van der Waals surface area contributed by atoms with Crippen molar-refractivity contribution in [2.45, 2.75) is 51.5 Å². The van der Waals surface area contributed by atoms with E-state index in [1.807, 2.05) is 4.68 Å². The molecule has 5 nitrogen and oxygen atoms in total. The lowest BCUT2D eigenvalue weighted by atomic mass is 9.70. The Morgan fingerprint density at radius 1 is 1.12 bits per heavy atom. The molecule has 2 aliphatic carbocycles. The molecule has 0 N–H and O–H groups in total. The summed E-state index contributed by atoms with van der Waals surface area (Å²) in [6.07, 6.45) is 1.85. The fourth-order valence-corrected chi connectivity index (χ4v) is 5.97. The van der Waals surface area contributed by atoms with Gasteiger partial charge in [-0.05, 0) is 54.0 Å². The molecule has 0 amide bonds. The highest BCUT2D eigenvalue weighted by Gasteiger charge is 2.62. The van der Waals surface area contributed by atoms with Crippen LogP contribution >= 0.6 is 0 Å². The maximum Gasteiger partial charge on any atom is 0.337 e. The Balaban J connectivity index is 1.72. The Labute approximate surface area is 190 Å². The summed E-state index contributed by atoms with van der Waals surface area (Å²) in [4.78, 5) is 25.5. The zero-order valence-electron chi connectivity index (χ0n) is 19.1. The molecule has 2 bridgehead atoms. The Morgan fingerprint density at radius 3 is 2.45 bits per heavy atom. The van der Waals surface area contributed by atoms with Crippen LogP contribution in [-0.2, 0) is 16.7 Å². The minimum absolute atomic E-state index is 0.0304. The van der Waals surface area contributed by atoms with Crippen molar-refractivity contribution in [1.82, 2.24) is 9.36 Å². The maximum atomic E-state index is 14.9. The second kappa shape index (κ2) is 7.14. The Kier molecular flexibility index (Phi) is 4.68. The van der Waals surface area contributed by atoms with E-state index in [1.54, 1.807) is 24.3 Å². The van der Waals surface area contributed by atoms with Crippen LogP contribution in [0.2, 0.25) is 0 Å². The molecule has 0 spiro atoms. The summed E-state index contributed by atoms with van der Waals surface area (Å²) in [6.45, 7) is 6.88. The van der Waals surface area contributed by atoms with Crippen molar-refractivity contribution in [2.75, 3.05) is 7.11 Å². The zero-order chi connectivity index (χ0) is 23.7. The van der Waals surface area contributed by atoms with Gasteiger partial charge in [-0.15, -0.1) is 0 Å². The average Bonchev–Trinajstić information content (AvgIpc) is 3.26. The van der Waals surface area contributed by atoms with Gasteiger partial charge in [-0.25, -0.2) is 18.3 Å². The number of aromatic nitrogens is 2. The number of carbonyl (C=O) groups excluding carboxylic acids is 1. The summed E-state index contributed by atoms with van der Waals surface area (Å²) < 4.78 is 36.5. The van der Waals surface area contributed by atoms with Crippen LogP contribution in [0.15, 0.2) is 47.3 Å². The number of methoxy groups -OCH3 is 1. The predicted octanol–water partition coefficient (Wildman–Crippen LogP) is 4.93. The fourth-order valence-electron chi connectivity index (χ4n) is 5.97. The van der Waals surface area contributed by atoms with Crippen LogP contribution in [0.4, 0.5) is 8.78 Å². The first-order chi connectivity index (χ1) is 15.6. The van der Waals surface area contributed by atoms with E-state index in [9.17, 15) is 18.4 Å². The second-order valence-electron chi connectivity index (χ2n) is 9.87. The molecule has 2 aliphatic rings. The van der Waals surface area contributed by atoms with E-state index in [-0.39, 0.29) is 28.0 Å². The molecule has 1 heterocycles. The minimum Gasteiger partial charge on any atom is -0.465 e. The molecule has 0 aliphatic heterocycles. The summed E-state index contributed by atoms with van der Waals surface area (Å²) in [5.41, 5.74) is 2.37. The number of fused-ring (bicyclic) bond motifs is 5. The molecule has 7 heteroatoms. The average molecular weight is 453 g/mol. The SMILES string of the molecule is COC(=O)c1ccc(Cn2c3c(c(=O)n2-c2ccc(F)cc2F)[C@@H]2CC[C@@]3(C)C2(C)C)cc1. The van der Waals surface area contributed by atoms with Crippen LogP contribution in [0, 0.1) is 17.0 Å². The number of hydrogen-bond donors (Lipinski definition) is 0. The molecule has 2 aromatic carbocycles. The van der Waals surface area contributed by atoms with Gasteiger partial charge in [0.25, 0.3) is 5.56 Å². The van der Waals surface area contributed by atoms with E-state index in [0.29, 0.717) is 12.1 Å². The third-order valence-corrected chi connectivity index (χ3v) is 8.12. The van der Waals surface area contributed by atoms with Gasteiger partial charge in [-0.3, -0.25) is 9.48 Å². The van der Waals surface area contributed by atoms with Gasteiger partial charge in [0.1, 0.15) is 11.5 Å². The highest BCUT2D eigenvalue weighted by atomic mass is 19.1. The van der Waals surface area contributed by atoms with Gasteiger partial charge in [-0.2, -0.15) is 0 Å². The number of ether oxygens (including phenoxy) is 1. The number of carbonyl (C=O) groups is 1. The third-order valence-electron chi connectivity index (χ3n) is 8.12. The monoisotopic (exact) mass is 452 g/mol. The molecule has 1 fully saturated rings. The second-order valence-corrected chi connectivity index (χ2v) is 9.87. The molecule has 2 atom stereocenters. The zero-order valence-corrected chi connectivity index (χ0v) is 19.1. The third kappa shape index (κ3) is 2.87. The minimum atomic E-state index is -0.785. The summed E-state index contributed by atoms with van der Waals surface area (Å²) >= 11 is 0. The molecular formula is C26H26F2N2O3. The van der Waals surface area contributed by atoms with Gasteiger partial charge in [0, 0.05) is 17.0 Å². The van der Waals surface area contributed by atoms with Gasteiger partial charge in [-0.1, -0.05) is 32.9 Å². The number of rotatable bonds is 4. The Morgan fingerprint density at radius 2 is 1.82 bits per heavy atom. The normalized spacial score (nSPS) is 22.4. The standard InChI is InChI=1S/C26H26F2N2O3/c1-25(2)18-11-12-26(25,3)22-21(18)23(31)30(20-10-9-17(27)13-19(20)28)29(22)14-15-5-7-16(8-6-15)24(32)33-4/h5-10,13,18H,11-12,14H2,1-4H3/t18-,26+/m0/s1. The summed E-state index contributed by atoms with van der Waals surface area (Å²) in [5, 5.41) is 0. The molecule has 0 saturated heterocycles. The first-order valence-electron chi connectivity index (χ1n) is 11.1. The van der Waals surface area contributed by atoms with E-state index in [0.717, 1.165) is 35.7 Å². The van der Waals surface area contributed by atoms with Crippen LogP contribution in [0.3, 0.4) is 0 Å². The van der Waals surface area contributed by atoms with Gasteiger partial charge >= 0.3 is 5.97 Å². The summed E-state index contributed by atoms with van der Waals surface area (Å²) in [5.74, 6) is -1.82. The molecule has 0 radical (unpaired) electrons. The smallest absolute Gasteiger partial charge is 0.337 e. The lowest BCUT2D eigenvalue weighted by Gasteiger charge is -2.36. The topological polar surface area (TPSA) is 53.2 Å². The van der Waals surface area contributed by atoms with Crippen molar-refractivity contribution in [2.24, 2.45) is 5.41 Å². The van der Waals surface area contributed by atoms with E-state index >= 15 is 0 Å². The Bertz CT molecular complexity index is 1340. The van der Waals surface area contributed by atoms with Gasteiger partial charge in [0.15, 0.2) is 5.82 Å². The van der Waals surface area contributed by atoms with Crippen LogP contribution in [0.25, 0.3) is 5.69 Å². The molecule has 5 rings (SSSR count). The maximum absolute atomic E-state index is 14.9. The number of hydrogen-bond acceptors (Lipinski definition) is 3. The van der Waals surface area contributed by atoms with Crippen molar-refractivity contribution in [1.29, 1.82) is 0 Å². The van der Waals surface area contributed by atoms with Crippen LogP contribution in [0.1, 0.15) is 66.7 Å². The lowest BCUT2D eigenvalue weighted by molar-refractivity contribution is 0.0600. The number of benzene rings is 2. The largest absolute Gasteiger partial charge is 0.465 e. The highest BCUT2D eigenvalue weighted by molar-refractivity contribution is 5.89. The highest BCUT2D eigenvalue weighted by Crippen LogP contribution is 2.67. The van der Waals surface area contributed by atoms with Crippen molar-refractivity contribution in [3.05, 3.63) is 86.8 Å². The van der Waals surface area contributed by atoms with E-state index in [1.165, 1.54) is 23.9 Å². The summed E-state index contributed by atoms with van der Waals surface area (Å²) in [6, 6.07) is 10.2. The first kappa shape index (κ1) is 21.6. The predicted molar refractivity (Wildman–Crippen MR) is 120 cm³/mol. The van der Waals surface area contributed by atoms with Crippen LogP contribution < -0.4 is 5.56 Å². The number of esters is 1. The van der Waals surface area contributed by atoms with Crippen molar-refractivity contribution in [3.63, 3.8) is 0 Å². The Hall–Kier alpha value is -3.22. The van der Waals surface area contributed by atoms with Crippen molar-refractivity contribution < 1.29 is 18.3 Å². The number of halogens is 2. The van der Waals surface area contributed by atoms with Gasteiger partial charge in [0.05, 0.1) is 24.9 Å². The molecular weight excluding hydrogens is 426 g/mol. The molecule has 33 heavy (non-hydrogen) atoms. The number of nitrogens with zero attached hydrogens (tertiary/aromatic N) is 2. The van der Waals surface area contributed by atoms with Gasteiger partial charge in [0.2, 0.25) is 0 Å². The van der Waals surface area contributed by atoms with Crippen molar-refractivity contribution in [3.8, 4) is 5.69 Å². The fraction of sp³-hybridized carbons (Fsp3) is 0.385. The first-order valence-corrected chi connectivity index (χ1v) is 11.1. The van der Waals surface area contributed by atoms with E-state index in [2.05, 4.69) is 20.8 Å². The van der Waals surface area contributed by atoms with Crippen LogP contribution in [-0.4, -0.2) is 22.4 Å². The lowest BCUT2D eigenvalue weighted by Crippen LogP contribution is -2.36. The molecule has 0 unspecified atom stereocenters. The van der Waals surface area contributed by atoms with E-state index in [4.69, 9.17) is 4.74 Å². The molecule has 1 saturated carbocycles.